The molecule has 0 saturated heterocycles. The van der Waals surface area contributed by atoms with Crippen molar-refractivity contribution in [3.8, 4) is 0 Å². The van der Waals surface area contributed by atoms with Crippen LogP contribution in [0.2, 0.25) is 0 Å². The molecule has 0 bridgehead atoms. The molecule has 2 aromatic rings. The van der Waals surface area contributed by atoms with Crippen molar-refractivity contribution < 1.29 is 19.1 Å². The molecule has 3 amide bonds. The summed E-state index contributed by atoms with van der Waals surface area (Å²) in [7, 11) is 1.36. The summed E-state index contributed by atoms with van der Waals surface area (Å²) in [4.78, 5) is 48.3. The second-order valence-electron chi connectivity index (χ2n) is 5.90. The first-order valence-electron chi connectivity index (χ1n) is 8.83. The average molecular weight is 386 g/mol. The molecule has 0 aliphatic rings. The first-order chi connectivity index (χ1) is 13.5. The Labute approximate surface area is 161 Å². The second kappa shape index (κ2) is 10.0. The largest absolute Gasteiger partial charge is 0.442 e. The number of benzene rings is 1. The molecule has 9 heteroatoms. The molecule has 2 N–H and O–H groups in total. The van der Waals surface area contributed by atoms with E-state index >= 15 is 0 Å². The van der Waals surface area contributed by atoms with E-state index in [0.717, 1.165) is 12.8 Å². The molecule has 0 aliphatic carbocycles. The quantitative estimate of drug-likeness (QED) is 0.694. The molecule has 2 rings (SSSR count). The minimum atomic E-state index is -1.36. The minimum absolute atomic E-state index is 0.107. The summed E-state index contributed by atoms with van der Waals surface area (Å²) in [6.45, 7) is 2.34. The maximum Gasteiger partial charge on any atom is 0.359 e. The number of urea groups is 1. The van der Waals surface area contributed by atoms with Crippen molar-refractivity contribution in [1.29, 1.82) is 0 Å². The van der Waals surface area contributed by atoms with Crippen molar-refractivity contribution >= 4 is 17.9 Å². The van der Waals surface area contributed by atoms with Gasteiger partial charge in [0.25, 0.3) is 11.5 Å². The zero-order valence-electron chi connectivity index (χ0n) is 15.7. The maximum absolute atomic E-state index is 12.5. The van der Waals surface area contributed by atoms with Crippen LogP contribution in [0.15, 0.2) is 47.3 Å². The van der Waals surface area contributed by atoms with Gasteiger partial charge in [-0.15, -0.1) is 0 Å². The number of nitrogens with zero attached hydrogens (tertiary/aromatic N) is 2. The predicted octanol–water partition coefficient (Wildman–Crippen LogP) is 1.40. The molecule has 0 spiro atoms. The predicted molar refractivity (Wildman–Crippen MR) is 101 cm³/mol. The highest BCUT2D eigenvalue weighted by atomic mass is 16.5. The van der Waals surface area contributed by atoms with Crippen molar-refractivity contribution in [2.24, 2.45) is 0 Å². The average Bonchev–Trinajstić information content (AvgIpc) is 2.71. The third-order valence-corrected chi connectivity index (χ3v) is 3.83. The zero-order chi connectivity index (χ0) is 20.5. The lowest BCUT2D eigenvalue weighted by molar-refractivity contribution is -0.129. The molecular weight excluding hydrogens is 364 g/mol. The smallest absolute Gasteiger partial charge is 0.359 e. The van der Waals surface area contributed by atoms with Crippen LogP contribution in [0, 0.1) is 0 Å². The van der Waals surface area contributed by atoms with E-state index in [-0.39, 0.29) is 11.3 Å². The third-order valence-electron chi connectivity index (χ3n) is 3.83. The number of aryl methyl sites for hydroxylation is 1. The van der Waals surface area contributed by atoms with Crippen LogP contribution < -0.4 is 16.2 Å². The molecule has 0 fully saturated rings. The fourth-order valence-corrected chi connectivity index (χ4v) is 2.33. The fraction of sp³-hybridized carbons (Fsp3) is 0.316. The highest BCUT2D eigenvalue weighted by molar-refractivity contribution is 5.98. The molecule has 9 nitrogen and oxygen atoms in total. The van der Waals surface area contributed by atoms with Gasteiger partial charge in [-0.2, -0.15) is 5.10 Å². The summed E-state index contributed by atoms with van der Waals surface area (Å²) in [6, 6.07) is 10.0. The summed E-state index contributed by atoms with van der Waals surface area (Å²) in [5.41, 5.74) is -0.0529. The number of hydrogen-bond donors (Lipinski definition) is 2. The van der Waals surface area contributed by atoms with Gasteiger partial charge in [-0.05, 0) is 12.5 Å². The number of rotatable bonds is 7. The van der Waals surface area contributed by atoms with E-state index in [1.165, 1.54) is 23.9 Å². The molecule has 28 heavy (non-hydrogen) atoms. The summed E-state index contributed by atoms with van der Waals surface area (Å²) in [6.07, 6.45) is 0.231. The first kappa shape index (κ1) is 20.8. The van der Waals surface area contributed by atoms with Gasteiger partial charge >= 0.3 is 12.0 Å². The summed E-state index contributed by atoms with van der Waals surface area (Å²) < 4.78 is 6.50. The molecule has 1 heterocycles. The lowest BCUT2D eigenvalue weighted by Crippen LogP contribution is -2.41. The number of imide groups is 1. The Morgan fingerprint density at radius 2 is 1.86 bits per heavy atom. The second-order valence-corrected chi connectivity index (χ2v) is 5.90. The molecular formula is C19H22N4O5. The van der Waals surface area contributed by atoms with Crippen LogP contribution in [0.4, 0.5) is 4.79 Å². The monoisotopic (exact) mass is 386 g/mol. The van der Waals surface area contributed by atoms with Gasteiger partial charge < -0.3 is 10.1 Å². The van der Waals surface area contributed by atoms with Gasteiger partial charge in [0, 0.05) is 25.2 Å². The molecule has 0 aliphatic heterocycles. The summed E-state index contributed by atoms with van der Waals surface area (Å²) >= 11 is 0. The maximum atomic E-state index is 12.5. The van der Waals surface area contributed by atoms with Gasteiger partial charge in [-0.25, -0.2) is 14.3 Å². The van der Waals surface area contributed by atoms with E-state index in [2.05, 4.69) is 15.7 Å². The highest BCUT2D eigenvalue weighted by Crippen LogP contribution is 2.19. The Morgan fingerprint density at radius 1 is 1.14 bits per heavy atom. The molecule has 1 aromatic carbocycles. The van der Waals surface area contributed by atoms with Gasteiger partial charge in [0.2, 0.25) is 6.10 Å². The normalized spacial score (nSPS) is 11.4. The van der Waals surface area contributed by atoms with Crippen LogP contribution in [-0.2, 0) is 16.1 Å². The van der Waals surface area contributed by atoms with Crippen LogP contribution in [0.25, 0.3) is 0 Å². The van der Waals surface area contributed by atoms with E-state index in [1.807, 2.05) is 6.92 Å². The van der Waals surface area contributed by atoms with Crippen LogP contribution in [0.1, 0.15) is 41.9 Å². The molecule has 0 saturated carbocycles. The van der Waals surface area contributed by atoms with Gasteiger partial charge in [0.15, 0.2) is 5.69 Å². The van der Waals surface area contributed by atoms with E-state index in [4.69, 9.17) is 4.74 Å². The molecule has 1 atom stereocenters. The Bertz CT molecular complexity index is 895. The van der Waals surface area contributed by atoms with Crippen LogP contribution >= 0.6 is 0 Å². The van der Waals surface area contributed by atoms with E-state index in [9.17, 15) is 19.2 Å². The van der Waals surface area contributed by atoms with E-state index in [0.29, 0.717) is 12.1 Å². The van der Waals surface area contributed by atoms with E-state index < -0.39 is 24.0 Å². The van der Waals surface area contributed by atoms with Gasteiger partial charge in [-0.1, -0.05) is 43.7 Å². The Hall–Kier alpha value is -3.49. The fourth-order valence-electron chi connectivity index (χ4n) is 2.33. The number of unbranched alkanes of at least 4 members (excludes halogenated alkanes) is 1. The zero-order valence-corrected chi connectivity index (χ0v) is 15.7. The topological polar surface area (TPSA) is 119 Å². The first-order valence-corrected chi connectivity index (χ1v) is 8.83. The SMILES string of the molecule is CCCCn1nc(C(=O)OC(C(=O)NC(=O)NC)c2ccccc2)ccc1=O. The Balaban J connectivity index is 2.26. The minimum Gasteiger partial charge on any atom is -0.442 e. The number of aromatic nitrogens is 2. The van der Waals surface area contributed by atoms with Crippen molar-refractivity contribution in [2.45, 2.75) is 32.4 Å². The summed E-state index contributed by atoms with van der Waals surface area (Å²) in [5.74, 6) is -1.69. The lowest BCUT2D eigenvalue weighted by Gasteiger charge is -2.17. The number of ether oxygens (including phenoxy) is 1. The van der Waals surface area contributed by atoms with Crippen LogP contribution in [0.5, 0.6) is 0 Å². The molecule has 0 radical (unpaired) electrons. The highest BCUT2D eigenvalue weighted by Gasteiger charge is 2.27. The Morgan fingerprint density at radius 3 is 2.50 bits per heavy atom. The van der Waals surface area contributed by atoms with Crippen molar-refractivity contribution in [3.63, 3.8) is 0 Å². The number of carbonyl (C=O) groups excluding carboxylic acids is 3. The van der Waals surface area contributed by atoms with Crippen LogP contribution in [-0.4, -0.2) is 34.7 Å². The van der Waals surface area contributed by atoms with Gasteiger partial charge in [-0.3, -0.25) is 14.9 Å². The van der Waals surface area contributed by atoms with Gasteiger partial charge in [0.05, 0.1) is 0 Å². The lowest BCUT2D eigenvalue weighted by atomic mass is 10.1. The van der Waals surface area contributed by atoms with Crippen molar-refractivity contribution in [2.75, 3.05) is 7.05 Å². The summed E-state index contributed by atoms with van der Waals surface area (Å²) in [5, 5.41) is 8.36. The number of nitrogens with one attached hydrogen (secondary N) is 2. The molecule has 1 aromatic heterocycles. The van der Waals surface area contributed by atoms with Crippen LogP contribution in [0.3, 0.4) is 0 Å². The number of hydrogen-bond acceptors (Lipinski definition) is 6. The van der Waals surface area contributed by atoms with E-state index in [1.54, 1.807) is 30.3 Å². The van der Waals surface area contributed by atoms with Gasteiger partial charge in [0.1, 0.15) is 0 Å². The Kier molecular flexibility index (Phi) is 7.44. The number of amides is 3. The third kappa shape index (κ3) is 5.50. The molecule has 1 unspecified atom stereocenters. The van der Waals surface area contributed by atoms with Crippen molar-refractivity contribution in [3.05, 3.63) is 64.1 Å². The van der Waals surface area contributed by atoms with Crippen molar-refractivity contribution in [1.82, 2.24) is 20.4 Å². The number of carbonyl (C=O) groups is 3. The number of esters is 1. The molecule has 148 valence electrons. The standard InChI is InChI=1S/C19H22N4O5/c1-3-4-12-23-15(24)11-10-14(22-23)18(26)28-16(13-8-6-5-7-9-13)17(25)21-19(27)20-2/h5-11,16H,3-4,12H2,1-2H3,(H2,20,21,25,27).